The average molecular weight is 869 g/mol. The molecule has 0 aliphatic rings. The number of benzene rings is 4. The maximum absolute atomic E-state index is 14.4. The molecule has 3 heterocycles. The summed E-state index contributed by atoms with van der Waals surface area (Å²) < 4.78 is 20.6. The molecule has 0 fully saturated rings. The molecule has 51 heavy (non-hydrogen) atoms. The number of pyridine rings is 2. The molecule has 7 rings (SSSR count). The van der Waals surface area contributed by atoms with E-state index in [1.165, 1.54) is 27.4 Å². The summed E-state index contributed by atoms with van der Waals surface area (Å²) in [4.78, 5) is 9.17. The van der Waals surface area contributed by atoms with Crippen LogP contribution in [-0.2, 0) is 32.9 Å². The van der Waals surface area contributed by atoms with Gasteiger partial charge in [-0.1, -0.05) is 135 Å². The van der Waals surface area contributed by atoms with Crippen molar-refractivity contribution in [1.29, 1.82) is 0 Å². The molecule has 4 aromatic carbocycles. The fourth-order valence-electron chi connectivity index (χ4n) is 6.34. The van der Waals surface area contributed by atoms with E-state index >= 15 is 0 Å². The van der Waals surface area contributed by atoms with E-state index in [4.69, 9.17) is 4.42 Å². The van der Waals surface area contributed by atoms with Gasteiger partial charge in [0.25, 0.3) is 0 Å². The molecule has 0 saturated heterocycles. The van der Waals surface area contributed by atoms with Gasteiger partial charge in [0.15, 0.2) is 0 Å². The summed E-state index contributed by atoms with van der Waals surface area (Å²) in [5, 5.41) is 3.59. The first-order valence-corrected chi connectivity index (χ1v) is 20.8. The van der Waals surface area contributed by atoms with Gasteiger partial charge in [-0.3, -0.25) is 4.39 Å². The fraction of sp³-hybridized carbons (Fsp3) is 0.244. The normalized spacial score (nSPS) is 11.6. The maximum atomic E-state index is 14.4. The minimum atomic E-state index is -1.49. The summed E-state index contributed by atoms with van der Waals surface area (Å²) in [6.07, 6.45) is 5.69. The third-order valence-corrected chi connectivity index (χ3v) is 10.9. The van der Waals surface area contributed by atoms with Crippen LogP contribution in [0.2, 0.25) is 19.6 Å². The number of halogens is 1. The van der Waals surface area contributed by atoms with E-state index in [1.54, 1.807) is 19.1 Å². The Morgan fingerprint density at radius 2 is 1.45 bits per heavy atom. The van der Waals surface area contributed by atoms with Gasteiger partial charge >= 0.3 is 0 Å². The first-order chi connectivity index (χ1) is 23.8. The molecule has 0 unspecified atom stereocenters. The van der Waals surface area contributed by atoms with Crippen LogP contribution in [0.25, 0.3) is 44.5 Å². The van der Waals surface area contributed by atoms with E-state index in [-0.39, 0.29) is 31.3 Å². The van der Waals surface area contributed by atoms with Crippen LogP contribution in [0.3, 0.4) is 0 Å². The van der Waals surface area contributed by atoms with Crippen LogP contribution in [0.5, 0.6) is 0 Å². The number of furan rings is 1. The number of hydrogen-bond donors (Lipinski definition) is 0. The van der Waals surface area contributed by atoms with E-state index in [2.05, 4.69) is 124 Å². The van der Waals surface area contributed by atoms with E-state index in [9.17, 15) is 4.39 Å². The molecule has 1 radical (unpaired) electrons. The molecular formula is C45H45FIrN2OSi-2. The zero-order valence-corrected chi connectivity index (χ0v) is 34.1. The third-order valence-electron chi connectivity index (χ3n) is 8.85. The maximum Gasteiger partial charge on any atom is 0.120 e. The molecule has 0 saturated carbocycles. The second kappa shape index (κ2) is 15.6. The predicted molar refractivity (Wildman–Crippen MR) is 209 cm³/mol. The number of aromatic nitrogens is 2. The molecule has 7 aromatic rings. The van der Waals surface area contributed by atoms with Crippen LogP contribution in [0, 0.1) is 37.2 Å². The average Bonchev–Trinajstić information content (AvgIpc) is 3.45. The van der Waals surface area contributed by atoms with Gasteiger partial charge in [-0.05, 0) is 65.0 Å². The van der Waals surface area contributed by atoms with Crippen molar-refractivity contribution in [1.82, 2.24) is 9.97 Å². The smallest absolute Gasteiger partial charge is 0.120 e. The summed E-state index contributed by atoms with van der Waals surface area (Å²) >= 11 is 0. The van der Waals surface area contributed by atoms with Crippen molar-refractivity contribution in [3.8, 4) is 22.5 Å². The monoisotopic (exact) mass is 869 g/mol. The molecular weight excluding hydrogens is 824 g/mol. The molecule has 0 aliphatic heterocycles. The van der Waals surface area contributed by atoms with Crippen molar-refractivity contribution in [3.05, 3.63) is 149 Å². The van der Waals surface area contributed by atoms with Gasteiger partial charge in [-0.2, -0.15) is 0 Å². The summed E-state index contributed by atoms with van der Waals surface area (Å²) in [7, 11) is -1.49. The van der Waals surface area contributed by atoms with E-state index in [0.29, 0.717) is 16.8 Å². The summed E-state index contributed by atoms with van der Waals surface area (Å²) in [6, 6.07) is 36.9. The molecule has 0 atom stereocenters. The van der Waals surface area contributed by atoms with E-state index in [1.807, 2.05) is 36.7 Å². The van der Waals surface area contributed by atoms with Gasteiger partial charge in [0.05, 0.1) is 13.7 Å². The van der Waals surface area contributed by atoms with Crippen LogP contribution in [-0.4, -0.2) is 18.0 Å². The van der Waals surface area contributed by atoms with E-state index in [0.717, 1.165) is 46.0 Å². The fourth-order valence-corrected chi connectivity index (χ4v) is 7.92. The van der Waals surface area contributed by atoms with Crippen molar-refractivity contribution >= 4 is 35.2 Å². The van der Waals surface area contributed by atoms with Crippen LogP contribution < -0.4 is 5.19 Å². The number of para-hydroxylation sites is 1. The van der Waals surface area contributed by atoms with Gasteiger partial charge in [-0.25, -0.2) is 0 Å². The van der Waals surface area contributed by atoms with Gasteiger partial charge < -0.3 is 14.4 Å². The Morgan fingerprint density at radius 1 is 0.765 bits per heavy atom. The molecule has 263 valence electrons. The number of hydrogen-bond acceptors (Lipinski definition) is 3. The van der Waals surface area contributed by atoms with Crippen molar-refractivity contribution < 1.29 is 28.9 Å². The molecule has 0 spiro atoms. The standard InChI is InChI=1S/C25H18NO.C20H27FNSi.Ir/c1-17-9-11-18(12-10-17)15-19-13-14-26-23(16-19)22-7-4-6-21-20-5-2-3-8-24(20)27-25(21)22;1-14-9-8-10-16(19(14)21)17-11-15(12-20(2,3)4)18(13-22-17)23(5,6)7;/h2-6,8-14,16H,15H2,1H3;8-9,11,13H,12H2,1-7H3;/q2*-1;. The molecule has 0 N–H and O–H groups in total. The van der Waals surface area contributed by atoms with Crippen molar-refractivity contribution in [2.75, 3.05) is 0 Å². The van der Waals surface area contributed by atoms with Gasteiger partial charge in [0, 0.05) is 43.7 Å². The minimum absolute atomic E-state index is 0. The topological polar surface area (TPSA) is 38.9 Å². The Hall–Kier alpha value is -4.22. The predicted octanol–water partition coefficient (Wildman–Crippen LogP) is 11.5. The Bertz CT molecular complexity index is 2280. The van der Waals surface area contributed by atoms with Gasteiger partial charge in [0.1, 0.15) is 5.58 Å². The molecule has 3 nitrogen and oxygen atoms in total. The Balaban J connectivity index is 0.000000197. The minimum Gasteiger partial charge on any atom is -0.501 e. The Kier molecular flexibility index (Phi) is 11.6. The van der Waals surface area contributed by atoms with Crippen LogP contribution in [0.1, 0.15) is 48.6 Å². The molecule has 0 aliphatic carbocycles. The SMILES string of the molecule is Cc1cc[c-]c(-c2cc(CC(C)(C)C)c([Si](C)(C)C)cn2)c1F.Cc1ccc(Cc2ccnc(-c3[c-]ccc4c3oc3ccccc34)c2)cc1.[Ir]. The Labute approximate surface area is 316 Å². The number of rotatable bonds is 6. The van der Waals surface area contributed by atoms with Crippen LogP contribution in [0.15, 0.2) is 108 Å². The summed E-state index contributed by atoms with van der Waals surface area (Å²) in [5.41, 5.74) is 10.6. The number of nitrogens with zero attached hydrogens (tertiary/aromatic N) is 2. The van der Waals surface area contributed by atoms with E-state index < -0.39 is 8.07 Å². The first-order valence-electron chi connectivity index (χ1n) is 17.3. The van der Waals surface area contributed by atoms with Crippen molar-refractivity contribution in [2.45, 2.75) is 67.1 Å². The van der Waals surface area contributed by atoms with Crippen molar-refractivity contribution in [3.63, 3.8) is 0 Å². The van der Waals surface area contributed by atoms with Crippen LogP contribution >= 0.6 is 0 Å². The van der Waals surface area contributed by atoms with Gasteiger partial charge in [0.2, 0.25) is 0 Å². The molecule has 0 bridgehead atoms. The third kappa shape index (κ3) is 8.99. The number of aryl methyl sites for hydroxylation is 2. The molecule has 0 amide bonds. The summed E-state index contributed by atoms with van der Waals surface area (Å²) in [6.45, 7) is 17.6. The molecule has 3 aromatic heterocycles. The largest absolute Gasteiger partial charge is 0.501 e. The second-order valence-electron chi connectivity index (χ2n) is 15.5. The zero-order chi connectivity index (χ0) is 35.6. The molecule has 6 heteroatoms. The Morgan fingerprint density at radius 3 is 2.18 bits per heavy atom. The van der Waals surface area contributed by atoms with Crippen molar-refractivity contribution in [2.24, 2.45) is 5.41 Å². The summed E-state index contributed by atoms with van der Waals surface area (Å²) in [5.74, 6) is -0.220. The quantitative estimate of drug-likeness (QED) is 0.123. The first kappa shape index (κ1) is 38.0. The van der Waals surface area contributed by atoms with Crippen LogP contribution in [0.4, 0.5) is 4.39 Å². The second-order valence-corrected chi connectivity index (χ2v) is 20.5. The van der Waals surface area contributed by atoms with Gasteiger partial charge in [-0.15, -0.1) is 36.4 Å². The number of fused-ring (bicyclic) bond motifs is 3. The zero-order valence-electron chi connectivity index (χ0n) is 30.7.